The van der Waals surface area contributed by atoms with Crippen LogP contribution in [0.4, 0.5) is 4.79 Å². The molecule has 2 aromatic rings. The molecule has 3 atom stereocenters. The first kappa shape index (κ1) is 28.6. The number of nitrogens with zero attached hydrogens (tertiary/aromatic N) is 2. The minimum Gasteiger partial charge on any atom is -0.444 e. The molecule has 1 aromatic carbocycles. The van der Waals surface area contributed by atoms with Gasteiger partial charge >= 0.3 is 6.09 Å². The number of nitrogens with one attached hydrogen (secondary N) is 2. The molecule has 0 spiro atoms. The predicted octanol–water partition coefficient (Wildman–Crippen LogP) is 3.49. The first-order valence-electron chi connectivity index (χ1n) is 12.4. The summed E-state index contributed by atoms with van der Waals surface area (Å²) in [5.74, 6) is -1.44. The summed E-state index contributed by atoms with van der Waals surface area (Å²) in [6.45, 7) is 13.1. The van der Waals surface area contributed by atoms with E-state index in [0.29, 0.717) is 6.54 Å². The molecule has 1 aliphatic rings. The molecule has 9 nitrogen and oxygen atoms in total. The second-order valence-corrected chi connectivity index (χ2v) is 12.4. The van der Waals surface area contributed by atoms with Crippen LogP contribution in [-0.4, -0.2) is 63.7 Å². The molecule has 1 fully saturated rings. The maximum atomic E-state index is 13.3. The number of rotatable bonds is 6. The third-order valence-electron chi connectivity index (χ3n) is 6.14. The molecule has 1 saturated heterocycles. The van der Waals surface area contributed by atoms with Crippen molar-refractivity contribution < 1.29 is 24.2 Å². The number of benzene rings is 1. The lowest BCUT2D eigenvalue weighted by Gasteiger charge is -2.34. The number of aryl methyl sites for hydroxylation is 1. The highest BCUT2D eigenvalue weighted by molar-refractivity contribution is 7.13. The van der Waals surface area contributed by atoms with E-state index in [9.17, 15) is 19.5 Å². The predicted molar refractivity (Wildman–Crippen MR) is 143 cm³/mol. The van der Waals surface area contributed by atoms with Gasteiger partial charge in [-0.3, -0.25) is 9.59 Å². The van der Waals surface area contributed by atoms with Gasteiger partial charge in [0.15, 0.2) is 0 Å². The van der Waals surface area contributed by atoms with Crippen molar-refractivity contribution in [3.05, 3.63) is 41.0 Å². The number of ether oxygens (including phenoxy) is 1. The van der Waals surface area contributed by atoms with E-state index >= 15 is 0 Å². The van der Waals surface area contributed by atoms with Crippen LogP contribution < -0.4 is 10.6 Å². The lowest BCUT2D eigenvalue weighted by molar-refractivity contribution is -0.135. The van der Waals surface area contributed by atoms with Gasteiger partial charge in [0.25, 0.3) is 0 Å². The second-order valence-electron chi connectivity index (χ2n) is 11.5. The topological polar surface area (TPSA) is 121 Å². The summed E-state index contributed by atoms with van der Waals surface area (Å²) in [5.41, 5.74) is 3.48. The third kappa shape index (κ3) is 7.52. The molecule has 10 heteroatoms. The van der Waals surface area contributed by atoms with Gasteiger partial charge in [0.2, 0.25) is 11.8 Å². The molecule has 1 aromatic heterocycles. The maximum Gasteiger partial charge on any atom is 0.408 e. The Kier molecular flexibility index (Phi) is 8.64. The minimum absolute atomic E-state index is 0.0163. The van der Waals surface area contributed by atoms with Crippen molar-refractivity contribution in [2.75, 3.05) is 13.1 Å². The van der Waals surface area contributed by atoms with Gasteiger partial charge < -0.3 is 25.4 Å². The SMILES string of the molecule is Cc1ncsc1-c1ccc(CNC(=O)[C@H]2CN(C(=O)[C@@H](NC(=O)OC(C)(C)C)C(C)(C)C)C[C@@H]2O)cc1. The molecule has 2 heterocycles. The summed E-state index contributed by atoms with van der Waals surface area (Å²) in [7, 11) is 0. The molecule has 1 aliphatic heterocycles. The molecule has 0 bridgehead atoms. The van der Waals surface area contributed by atoms with E-state index in [-0.39, 0.29) is 24.9 Å². The van der Waals surface area contributed by atoms with Crippen molar-refractivity contribution in [2.24, 2.45) is 11.3 Å². The molecule has 3 N–H and O–H groups in total. The summed E-state index contributed by atoms with van der Waals surface area (Å²) in [6, 6.07) is 7.02. The number of hydrogen-bond acceptors (Lipinski definition) is 7. The summed E-state index contributed by atoms with van der Waals surface area (Å²) < 4.78 is 5.33. The fourth-order valence-corrected chi connectivity index (χ4v) is 4.97. The van der Waals surface area contributed by atoms with Crippen LogP contribution in [0.3, 0.4) is 0 Å². The highest BCUT2D eigenvalue weighted by Gasteiger charge is 2.43. The van der Waals surface area contributed by atoms with Crippen molar-refractivity contribution in [1.29, 1.82) is 0 Å². The van der Waals surface area contributed by atoms with Crippen LogP contribution in [0.1, 0.15) is 52.8 Å². The number of carbonyl (C=O) groups is 3. The average molecular weight is 531 g/mol. The van der Waals surface area contributed by atoms with Crippen molar-refractivity contribution in [1.82, 2.24) is 20.5 Å². The van der Waals surface area contributed by atoms with E-state index in [0.717, 1.165) is 21.7 Å². The fourth-order valence-electron chi connectivity index (χ4n) is 4.15. The average Bonchev–Trinajstić information content (AvgIpc) is 3.39. The molecule has 3 amide bonds. The Labute approximate surface area is 222 Å². The Hall–Kier alpha value is -2.98. The van der Waals surface area contributed by atoms with Crippen molar-refractivity contribution in [2.45, 2.75) is 72.8 Å². The van der Waals surface area contributed by atoms with Crippen LogP contribution in [-0.2, 0) is 20.9 Å². The van der Waals surface area contributed by atoms with Gasteiger partial charge in [-0.2, -0.15) is 0 Å². The van der Waals surface area contributed by atoms with E-state index < -0.39 is 35.2 Å². The monoisotopic (exact) mass is 530 g/mol. The van der Waals surface area contributed by atoms with E-state index in [4.69, 9.17) is 4.74 Å². The third-order valence-corrected chi connectivity index (χ3v) is 7.12. The minimum atomic E-state index is -0.997. The summed E-state index contributed by atoms with van der Waals surface area (Å²) in [5, 5.41) is 16.1. The Morgan fingerprint density at radius 3 is 2.32 bits per heavy atom. The Bertz CT molecular complexity index is 1120. The van der Waals surface area contributed by atoms with Gasteiger partial charge in [0.05, 0.1) is 28.1 Å². The number of amides is 3. The van der Waals surface area contributed by atoms with Crippen molar-refractivity contribution in [3.63, 3.8) is 0 Å². The summed E-state index contributed by atoms with van der Waals surface area (Å²) >= 11 is 1.58. The Morgan fingerprint density at radius 2 is 1.78 bits per heavy atom. The molecule has 0 unspecified atom stereocenters. The summed E-state index contributed by atoms with van der Waals surface area (Å²) in [4.78, 5) is 45.4. The van der Waals surface area contributed by atoms with Gasteiger partial charge in [0, 0.05) is 19.6 Å². The molecular weight excluding hydrogens is 492 g/mol. The van der Waals surface area contributed by atoms with E-state index in [2.05, 4.69) is 15.6 Å². The highest BCUT2D eigenvalue weighted by atomic mass is 32.1. The first-order valence-corrected chi connectivity index (χ1v) is 13.3. The number of β-amino-alcohol motifs (C(OH)–C–C–N with tert-alkyl or cyclic N) is 1. The molecule has 0 saturated carbocycles. The number of likely N-dealkylation sites (tertiary alicyclic amines) is 1. The van der Waals surface area contributed by atoms with Gasteiger partial charge in [0.1, 0.15) is 11.6 Å². The highest BCUT2D eigenvalue weighted by Crippen LogP contribution is 2.28. The smallest absolute Gasteiger partial charge is 0.408 e. The van der Waals surface area contributed by atoms with Gasteiger partial charge in [-0.15, -0.1) is 11.3 Å². The molecular formula is C27H38N4O5S. The van der Waals surface area contributed by atoms with Gasteiger partial charge in [-0.25, -0.2) is 9.78 Å². The standard InChI is InChI=1S/C27H38N4O5S/c1-16-21(37-15-29-16)18-10-8-17(9-11-18)12-28-23(33)19-13-31(14-20(19)32)24(34)22(26(2,3)4)30-25(35)36-27(5,6)7/h8-11,15,19-20,22,32H,12-14H2,1-7H3,(H,28,33)(H,30,35)/t19-,20-,22+/m0/s1. The van der Waals surface area contributed by atoms with E-state index in [1.54, 1.807) is 32.1 Å². The lowest BCUT2D eigenvalue weighted by Crippen LogP contribution is -2.55. The fraction of sp³-hybridized carbons (Fsp3) is 0.556. The number of aromatic nitrogens is 1. The zero-order valence-electron chi connectivity index (χ0n) is 22.6. The second kappa shape index (κ2) is 11.2. The molecule has 0 aliphatic carbocycles. The quantitative estimate of drug-likeness (QED) is 0.526. The largest absolute Gasteiger partial charge is 0.444 e. The van der Waals surface area contributed by atoms with E-state index in [1.165, 1.54) is 4.90 Å². The van der Waals surface area contributed by atoms with Crippen molar-refractivity contribution >= 4 is 29.2 Å². The normalized spacial score (nSPS) is 18.9. The number of carbonyl (C=O) groups excluding carboxylic acids is 3. The van der Waals surface area contributed by atoms with Gasteiger partial charge in [-0.05, 0) is 44.2 Å². The van der Waals surface area contributed by atoms with Crippen molar-refractivity contribution in [3.8, 4) is 10.4 Å². The maximum absolute atomic E-state index is 13.3. The van der Waals surface area contributed by atoms with E-state index in [1.807, 2.05) is 57.5 Å². The molecule has 202 valence electrons. The van der Waals surface area contributed by atoms with Crippen LogP contribution >= 0.6 is 11.3 Å². The Balaban J connectivity index is 1.59. The molecule has 0 radical (unpaired) electrons. The number of aliphatic hydroxyl groups excluding tert-OH is 1. The summed E-state index contributed by atoms with van der Waals surface area (Å²) in [6.07, 6.45) is -1.69. The van der Waals surface area contributed by atoms with Crippen LogP contribution in [0.2, 0.25) is 0 Å². The molecule has 37 heavy (non-hydrogen) atoms. The van der Waals surface area contributed by atoms with Crippen LogP contribution in [0.15, 0.2) is 29.8 Å². The first-order chi connectivity index (χ1) is 17.2. The number of alkyl carbamates (subject to hydrolysis) is 1. The Morgan fingerprint density at radius 1 is 1.14 bits per heavy atom. The number of hydrogen-bond donors (Lipinski definition) is 3. The number of aliphatic hydroxyl groups is 1. The zero-order chi connectivity index (χ0) is 27.5. The van der Waals surface area contributed by atoms with Crippen LogP contribution in [0.5, 0.6) is 0 Å². The lowest BCUT2D eigenvalue weighted by atomic mass is 9.86. The van der Waals surface area contributed by atoms with Gasteiger partial charge in [-0.1, -0.05) is 45.0 Å². The van der Waals surface area contributed by atoms with Crippen LogP contribution in [0.25, 0.3) is 10.4 Å². The molecule has 3 rings (SSSR count). The van der Waals surface area contributed by atoms with Crippen LogP contribution in [0, 0.1) is 18.3 Å². The number of thiazole rings is 1. The zero-order valence-corrected chi connectivity index (χ0v) is 23.4.